The van der Waals surface area contributed by atoms with Crippen LogP contribution in [0.25, 0.3) is 0 Å². The van der Waals surface area contributed by atoms with Gasteiger partial charge in [-0.15, -0.1) is 13.2 Å². The Balaban J connectivity index is -0.00000000167. The van der Waals surface area contributed by atoms with Gasteiger partial charge in [0.15, 0.2) is 0 Å². The molecular formula is C2H4CoMnNi. The van der Waals surface area contributed by atoms with Crippen LogP contribution in [0, 0.1) is 0 Å². The van der Waals surface area contributed by atoms with Crippen LogP contribution in [0.2, 0.25) is 0 Å². The fourth-order valence-corrected chi connectivity index (χ4v) is 0. The molecule has 0 aromatic rings. The third-order valence-electron chi connectivity index (χ3n) is 0. The van der Waals surface area contributed by atoms with E-state index in [0.717, 1.165) is 0 Å². The van der Waals surface area contributed by atoms with Gasteiger partial charge in [0.05, 0.1) is 0 Å². The van der Waals surface area contributed by atoms with Crippen molar-refractivity contribution < 1.29 is 50.3 Å². The van der Waals surface area contributed by atoms with Crippen LogP contribution < -0.4 is 0 Å². The maximum absolute atomic E-state index is 3.00. The van der Waals surface area contributed by atoms with Crippen molar-refractivity contribution in [3.8, 4) is 0 Å². The van der Waals surface area contributed by atoms with E-state index in [4.69, 9.17) is 0 Å². The topological polar surface area (TPSA) is 0 Å². The third kappa shape index (κ3) is 35.2. The molecule has 0 heterocycles. The van der Waals surface area contributed by atoms with Crippen molar-refractivity contribution in [2.45, 2.75) is 0 Å². The summed E-state index contributed by atoms with van der Waals surface area (Å²) in [6.45, 7) is 6.00. The summed E-state index contributed by atoms with van der Waals surface area (Å²) >= 11 is 0. The summed E-state index contributed by atoms with van der Waals surface area (Å²) in [5.74, 6) is 0. The molecule has 0 aliphatic heterocycles. The molecule has 0 aromatic heterocycles. The van der Waals surface area contributed by atoms with Crippen LogP contribution >= 0.6 is 0 Å². The molecule has 0 saturated heterocycles. The molecule has 0 aliphatic carbocycles. The number of hydrogen-bond acceptors (Lipinski definition) is 0. The van der Waals surface area contributed by atoms with Crippen molar-refractivity contribution in [1.29, 1.82) is 0 Å². The minimum Gasteiger partial charge on any atom is -0.106 e. The van der Waals surface area contributed by atoms with Crippen LogP contribution in [0.15, 0.2) is 13.2 Å². The van der Waals surface area contributed by atoms with Crippen LogP contribution in [0.4, 0.5) is 0 Å². The third-order valence-corrected chi connectivity index (χ3v) is 0. The molecule has 0 atom stereocenters. The van der Waals surface area contributed by atoms with E-state index in [0.29, 0.717) is 0 Å². The Morgan fingerprint density at radius 1 is 1.00 bits per heavy atom. The van der Waals surface area contributed by atoms with Gasteiger partial charge in [0.25, 0.3) is 0 Å². The average molecular weight is 201 g/mol. The van der Waals surface area contributed by atoms with E-state index >= 15 is 0 Å². The zero-order chi connectivity index (χ0) is 2.00. The quantitative estimate of drug-likeness (QED) is 0.401. The van der Waals surface area contributed by atoms with Gasteiger partial charge >= 0.3 is 0 Å². The second-order valence-electron chi connectivity index (χ2n) is 0. The number of rotatable bonds is 0. The molecule has 0 saturated carbocycles. The van der Waals surface area contributed by atoms with Gasteiger partial charge in [-0.2, -0.15) is 0 Å². The van der Waals surface area contributed by atoms with E-state index in [1.54, 1.807) is 0 Å². The van der Waals surface area contributed by atoms with Gasteiger partial charge < -0.3 is 0 Å². The normalized spacial score (nSPS) is 0.800. The first-order valence-electron chi connectivity index (χ1n) is 0.500. The van der Waals surface area contributed by atoms with Gasteiger partial charge in [0.2, 0.25) is 0 Å². The first kappa shape index (κ1) is 33.9. The second kappa shape index (κ2) is 60.2. The summed E-state index contributed by atoms with van der Waals surface area (Å²) in [6, 6.07) is 0. The van der Waals surface area contributed by atoms with E-state index in [2.05, 4.69) is 13.2 Å². The molecule has 0 bridgehead atoms. The maximum atomic E-state index is 3.00. The van der Waals surface area contributed by atoms with Crippen molar-refractivity contribution in [3.05, 3.63) is 13.2 Å². The fourth-order valence-electron chi connectivity index (χ4n) is 0. The Bertz CT molecular complexity index is 9.61. The molecule has 38 valence electrons. The predicted molar refractivity (Wildman–Crippen MR) is 11.3 cm³/mol. The van der Waals surface area contributed by atoms with E-state index in [1.165, 1.54) is 0 Å². The Kier molecular flexibility index (Phi) is 408. The Morgan fingerprint density at radius 3 is 1.00 bits per heavy atom. The molecule has 3 heteroatoms. The fraction of sp³-hybridized carbons (Fsp3) is 0. The van der Waals surface area contributed by atoms with Gasteiger partial charge in [0.1, 0.15) is 0 Å². The molecule has 5 heavy (non-hydrogen) atoms. The summed E-state index contributed by atoms with van der Waals surface area (Å²) in [6.07, 6.45) is 0. The van der Waals surface area contributed by atoms with Crippen LogP contribution in [0.5, 0.6) is 0 Å². The zero-order valence-corrected chi connectivity index (χ0v) is 5.65. The van der Waals surface area contributed by atoms with Crippen molar-refractivity contribution >= 4 is 0 Å². The summed E-state index contributed by atoms with van der Waals surface area (Å²) in [5, 5.41) is 0. The van der Waals surface area contributed by atoms with E-state index in [9.17, 15) is 0 Å². The molecule has 0 fully saturated rings. The molecule has 0 aromatic carbocycles. The SMILES string of the molecule is C=C.[Co].[Mn].[Ni]. The van der Waals surface area contributed by atoms with Crippen LogP contribution in [0.1, 0.15) is 0 Å². The summed E-state index contributed by atoms with van der Waals surface area (Å²) in [4.78, 5) is 0. The van der Waals surface area contributed by atoms with Crippen molar-refractivity contribution in [1.82, 2.24) is 0 Å². The minimum atomic E-state index is 0. The van der Waals surface area contributed by atoms with Crippen LogP contribution in [-0.2, 0) is 50.3 Å². The van der Waals surface area contributed by atoms with Gasteiger partial charge in [-0.05, 0) is 0 Å². The monoisotopic (exact) mass is 200 g/mol. The van der Waals surface area contributed by atoms with Gasteiger partial charge in [0, 0.05) is 50.3 Å². The molecule has 0 nitrogen and oxygen atoms in total. The molecule has 2 radical (unpaired) electrons. The first-order valence-corrected chi connectivity index (χ1v) is 0.500. The Hall–Kier alpha value is 1.26. The Labute approximate surface area is 63.4 Å². The van der Waals surface area contributed by atoms with Gasteiger partial charge in [-0.3, -0.25) is 0 Å². The van der Waals surface area contributed by atoms with Crippen LogP contribution in [-0.4, -0.2) is 0 Å². The van der Waals surface area contributed by atoms with E-state index in [-0.39, 0.29) is 50.3 Å². The zero-order valence-electron chi connectivity index (χ0n) is 2.44. The molecule has 0 amide bonds. The van der Waals surface area contributed by atoms with Crippen molar-refractivity contribution in [2.75, 3.05) is 0 Å². The molecule has 0 rings (SSSR count). The summed E-state index contributed by atoms with van der Waals surface area (Å²) in [5.41, 5.74) is 0. The van der Waals surface area contributed by atoms with Crippen molar-refractivity contribution in [3.63, 3.8) is 0 Å². The predicted octanol–water partition coefficient (Wildman–Crippen LogP) is 0.795. The van der Waals surface area contributed by atoms with E-state index < -0.39 is 0 Å². The van der Waals surface area contributed by atoms with E-state index in [1.807, 2.05) is 0 Å². The second-order valence-corrected chi connectivity index (χ2v) is 0. The summed E-state index contributed by atoms with van der Waals surface area (Å²) in [7, 11) is 0. The van der Waals surface area contributed by atoms with Gasteiger partial charge in [-0.1, -0.05) is 0 Å². The molecule has 0 aliphatic rings. The van der Waals surface area contributed by atoms with Crippen molar-refractivity contribution in [2.24, 2.45) is 0 Å². The largest absolute Gasteiger partial charge is 0.106 e. The molecular weight excluding hydrogens is 197 g/mol. The summed E-state index contributed by atoms with van der Waals surface area (Å²) < 4.78 is 0. The average Bonchev–Trinajstić information content (AvgIpc) is 1.00. The molecule has 0 unspecified atom stereocenters. The smallest absolute Gasteiger partial charge is 0 e. The molecule has 0 spiro atoms. The van der Waals surface area contributed by atoms with Gasteiger partial charge in [-0.25, -0.2) is 0 Å². The maximum Gasteiger partial charge on any atom is 0 e. The first-order chi connectivity index (χ1) is 1.00. The standard InChI is InChI=1S/C2H4.Co.Mn.Ni/c1-2;;;/h1-2H2;;;. The minimum absolute atomic E-state index is 0. The molecule has 0 N–H and O–H groups in total. The van der Waals surface area contributed by atoms with Crippen LogP contribution in [0.3, 0.4) is 0 Å². The Morgan fingerprint density at radius 2 is 1.00 bits per heavy atom. The number of hydrogen-bond donors (Lipinski definition) is 0.